The molecule has 1 atom stereocenters. The fraction of sp³-hybridized carbons (Fsp3) is 0.471. The van der Waals surface area contributed by atoms with Crippen molar-refractivity contribution < 1.29 is 0 Å². The molecule has 0 spiro atoms. The zero-order valence-corrected chi connectivity index (χ0v) is 13.2. The average molecular weight is 295 g/mol. The Balaban J connectivity index is 1.88. The summed E-state index contributed by atoms with van der Waals surface area (Å²) in [4.78, 5) is 6.76. The van der Waals surface area contributed by atoms with E-state index in [9.17, 15) is 5.26 Å². The van der Waals surface area contributed by atoms with Gasteiger partial charge >= 0.3 is 0 Å². The van der Waals surface area contributed by atoms with Gasteiger partial charge in [0.15, 0.2) is 0 Å². The molecule has 1 fully saturated rings. The van der Waals surface area contributed by atoms with Crippen molar-refractivity contribution in [3.63, 3.8) is 0 Å². The molecule has 114 valence electrons. The number of anilines is 1. The maximum Gasteiger partial charge on any atom is 0.146 e. The number of aryl methyl sites for hydroxylation is 2. The van der Waals surface area contributed by atoms with Gasteiger partial charge in [-0.1, -0.05) is 0 Å². The first-order valence-electron chi connectivity index (χ1n) is 7.82. The highest BCUT2D eigenvalue weighted by Crippen LogP contribution is 2.26. The topological polar surface area (TPSA) is 57.7 Å². The maximum absolute atomic E-state index is 9.34. The van der Waals surface area contributed by atoms with Gasteiger partial charge < -0.3 is 4.90 Å². The van der Waals surface area contributed by atoms with Crippen LogP contribution in [0.25, 0.3) is 0 Å². The minimum Gasteiger partial charge on any atom is -0.351 e. The lowest BCUT2D eigenvalue weighted by molar-refractivity contribution is 0.392. The molecule has 1 aliphatic rings. The van der Waals surface area contributed by atoms with E-state index in [0.29, 0.717) is 11.6 Å². The molecule has 0 N–H and O–H groups in total. The summed E-state index contributed by atoms with van der Waals surface area (Å²) in [6, 6.07) is 8.38. The summed E-state index contributed by atoms with van der Waals surface area (Å²) in [7, 11) is 0. The summed E-state index contributed by atoms with van der Waals surface area (Å²) < 4.78 is 2.08. The van der Waals surface area contributed by atoms with Crippen LogP contribution in [0.4, 0.5) is 5.82 Å². The molecule has 2 aromatic rings. The van der Waals surface area contributed by atoms with Gasteiger partial charge in [0.25, 0.3) is 0 Å². The summed E-state index contributed by atoms with van der Waals surface area (Å²) in [5, 5.41) is 13.9. The van der Waals surface area contributed by atoms with Crippen molar-refractivity contribution in [2.45, 2.75) is 45.7 Å². The van der Waals surface area contributed by atoms with Gasteiger partial charge in [0.2, 0.25) is 0 Å². The fourth-order valence-corrected chi connectivity index (χ4v) is 3.24. The molecule has 0 aromatic carbocycles. The van der Waals surface area contributed by atoms with Crippen molar-refractivity contribution in [2.75, 3.05) is 11.4 Å². The monoisotopic (exact) mass is 295 g/mol. The van der Waals surface area contributed by atoms with Crippen LogP contribution in [-0.2, 0) is 6.54 Å². The van der Waals surface area contributed by atoms with E-state index >= 15 is 0 Å². The molecule has 1 saturated heterocycles. The lowest BCUT2D eigenvalue weighted by Gasteiger charge is -2.37. The second-order valence-corrected chi connectivity index (χ2v) is 5.94. The molecule has 22 heavy (non-hydrogen) atoms. The van der Waals surface area contributed by atoms with E-state index in [0.717, 1.165) is 37.4 Å². The highest BCUT2D eigenvalue weighted by Gasteiger charge is 2.26. The zero-order valence-electron chi connectivity index (χ0n) is 13.2. The van der Waals surface area contributed by atoms with Gasteiger partial charge in [-0.3, -0.25) is 4.68 Å². The predicted octanol–water partition coefficient (Wildman–Crippen LogP) is 2.83. The highest BCUT2D eigenvalue weighted by atomic mass is 15.3. The van der Waals surface area contributed by atoms with Gasteiger partial charge in [-0.25, -0.2) is 4.98 Å². The molecular weight excluding hydrogens is 274 g/mol. The fourth-order valence-electron chi connectivity index (χ4n) is 3.24. The number of nitrogens with zero attached hydrogens (tertiary/aromatic N) is 5. The Morgan fingerprint density at radius 2 is 2.23 bits per heavy atom. The van der Waals surface area contributed by atoms with Gasteiger partial charge in [-0.15, -0.1) is 0 Å². The third-order valence-electron chi connectivity index (χ3n) is 4.29. The smallest absolute Gasteiger partial charge is 0.146 e. The molecule has 0 radical (unpaired) electrons. The van der Waals surface area contributed by atoms with Crippen molar-refractivity contribution in [2.24, 2.45) is 0 Å². The predicted molar refractivity (Wildman–Crippen MR) is 85.6 cm³/mol. The second-order valence-electron chi connectivity index (χ2n) is 5.94. The molecule has 0 amide bonds. The molecule has 0 unspecified atom stereocenters. The SMILES string of the molecule is Cc1cc(C)n(C[C@H]2CCCCN2c2ncccc2C#N)n1. The maximum atomic E-state index is 9.34. The van der Waals surface area contributed by atoms with Gasteiger partial charge in [-0.2, -0.15) is 10.4 Å². The van der Waals surface area contributed by atoms with Crippen LogP contribution < -0.4 is 4.90 Å². The van der Waals surface area contributed by atoms with E-state index in [4.69, 9.17) is 0 Å². The lowest BCUT2D eigenvalue weighted by Crippen LogP contribution is -2.43. The Bertz CT molecular complexity index is 697. The van der Waals surface area contributed by atoms with E-state index in [1.807, 2.05) is 19.1 Å². The summed E-state index contributed by atoms with van der Waals surface area (Å²) in [5.41, 5.74) is 2.89. The third-order valence-corrected chi connectivity index (χ3v) is 4.29. The van der Waals surface area contributed by atoms with Crippen LogP contribution in [0.1, 0.15) is 36.2 Å². The number of pyridine rings is 1. The molecule has 3 rings (SSSR count). The van der Waals surface area contributed by atoms with Crippen molar-refractivity contribution in [1.29, 1.82) is 5.26 Å². The molecule has 2 aromatic heterocycles. The minimum absolute atomic E-state index is 0.341. The van der Waals surface area contributed by atoms with E-state index in [2.05, 4.69) is 38.7 Å². The number of hydrogen-bond donors (Lipinski definition) is 0. The van der Waals surface area contributed by atoms with Crippen LogP contribution >= 0.6 is 0 Å². The number of hydrogen-bond acceptors (Lipinski definition) is 4. The number of aromatic nitrogens is 3. The summed E-state index contributed by atoms with van der Waals surface area (Å²) in [6.45, 7) is 5.92. The number of nitriles is 1. The number of rotatable bonds is 3. The first kappa shape index (κ1) is 14.6. The number of piperidine rings is 1. The quantitative estimate of drug-likeness (QED) is 0.873. The van der Waals surface area contributed by atoms with Gasteiger partial charge in [0.1, 0.15) is 11.9 Å². The summed E-state index contributed by atoms with van der Waals surface area (Å²) >= 11 is 0. The Morgan fingerprint density at radius 3 is 2.95 bits per heavy atom. The Labute approximate surface area is 131 Å². The molecule has 0 saturated carbocycles. The normalized spacial score (nSPS) is 18.2. The zero-order chi connectivity index (χ0) is 15.5. The van der Waals surface area contributed by atoms with Crippen LogP contribution in [0, 0.1) is 25.2 Å². The summed E-state index contributed by atoms with van der Waals surface area (Å²) in [5.74, 6) is 0.816. The van der Waals surface area contributed by atoms with Crippen LogP contribution in [0.15, 0.2) is 24.4 Å². The average Bonchev–Trinajstić information content (AvgIpc) is 2.85. The molecular formula is C17H21N5. The molecule has 3 heterocycles. The van der Waals surface area contributed by atoms with Gasteiger partial charge in [0.05, 0.1) is 23.8 Å². The molecule has 0 bridgehead atoms. The Morgan fingerprint density at radius 1 is 1.36 bits per heavy atom. The lowest BCUT2D eigenvalue weighted by atomic mass is 10.0. The summed E-state index contributed by atoms with van der Waals surface area (Å²) in [6.07, 6.45) is 5.25. The van der Waals surface area contributed by atoms with E-state index < -0.39 is 0 Å². The molecule has 5 heteroatoms. The van der Waals surface area contributed by atoms with E-state index in [-0.39, 0.29) is 0 Å². The van der Waals surface area contributed by atoms with Crippen LogP contribution in [-0.4, -0.2) is 27.4 Å². The van der Waals surface area contributed by atoms with Crippen LogP contribution in [0.5, 0.6) is 0 Å². The van der Waals surface area contributed by atoms with Crippen molar-refractivity contribution in [1.82, 2.24) is 14.8 Å². The Hall–Kier alpha value is -2.35. The molecule has 0 aliphatic carbocycles. The van der Waals surface area contributed by atoms with Crippen molar-refractivity contribution in [3.8, 4) is 6.07 Å². The highest BCUT2D eigenvalue weighted by molar-refractivity contribution is 5.54. The first-order chi connectivity index (χ1) is 10.7. The van der Waals surface area contributed by atoms with Crippen LogP contribution in [0.2, 0.25) is 0 Å². The second kappa shape index (κ2) is 6.18. The first-order valence-corrected chi connectivity index (χ1v) is 7.82. The largest absolute Gasteiger partial charge is 0.351 e. The van der Waals surface area contributed by atoms with Crippen molar-refractivity contribution in [3.05, 3.63) is 41.3 Å². The van der Waals surface area contributed by atoms with E-state index in [1.165, 1.54) is 12.1 Å². The van der Waals surface area contributed by atoms with Crippen LogP contribution in [0.3, 0.4) is 0 Å². The van der Waals surface area contributed by atoms with Gasteiger partial charge in [0, 0.05) is 18.4 Å². The third kappa shape index (κ3) is 2.82. The van der Waals surface area contributed by atoms with E-state index in [1.54, 1.807) is 6.20 Å². The van der Waals surface area contributed by atoms with Crippen molar-refractivity contribution >= 4 is 5.82 Å². The van der Waals surface area contributed by atoms with Gasteiger partial charge in [-0.05, 0) is 51.3 Å². The Kier molecular flexibility index (Phi) is 4.10. The molecule has 5 nitrogen and oxygen atoms in total. The minimum atomic E-state index is 0.341. The standard InChI is InChI=1S/C17H21N5/c1-13-10-14(2)22(20-13)12-16-7-3-4-9-21(16)17-15(11-18)6-5-8-19-17/h5-6,8,10,16H,3-4,7,9,12H2,1-2H3/t16-/m1/s1. The molecule has 1 aliphatic heterocycles.